The first-order chi connectivity index (χ1) is 10.2. The minimum absolute atomic E-state index is 0.104. The lowest BCUT2D eigenvalue weighted by Gasteiger charge is -2.33. The molecular weight excluding hydrogens is 278 g/mol. The van der Waals surface area contributed by atoms with Crippen LogP contribution in [-0.4, -0.2) is 15.5 Å². The predicted molar refractivity (Wildman–Crippen MR) is 88.9 cm³/mol. The smallest absolute Gasteiger partial charge is 0.0576 e. The third-order valence-corrected chi connectivity index (χ3v) is 7.04. The first-order valence-corrected chi connectivity index (χ1v) is 9.68. The number of rotatable bonds is 4. The van der Waals surface area contributed by atoms with Crippen LogP contribution in [0, 0.1) is 5.92 Å². The van der Waals surface area contributed by atoms with Gasteiger partial charge in [0.1, 0.15) is 0 Å². The van der Waals surface area contributed by atoms with Crippen LogP contribution in [0.1, 0.15) is 56.6 Å². The predicted octanol–water partition coefficient (Wildman–Crippen LogP) is 3.58. The molecule has 0 heterocycles. The van der Waals surface area contributed by atoms with E-state index in [-0.39, 0.29) is 11.3 Å². The first-order valence-electron chi connectivity index (χ1n) is 8.47. The summed E-state index contributed by atoms with van der Waals surface area (Å²) in [6.07, 6.45) is 9.34. The number of hydrogen-bond acceptors (Lipinski definition) is 2. The monoisotopic (exact) mass is 305 g/mol. The van der Waals surface area contributed by atoms with Crippen LogP contribution in [-0.2, 0) is 23.6 Å². The molecule has 116 valence electrons. The van der Waals surface area contributed by atoms with Crippen LogP contribution in [0.3, 0.4) is 0 Å². The summed E-state index contributed by atoms with van der Waals surface area (Å²) in [5, 5.41) is 0.148. The standard InChI is InChI=1S/C18H27NOS/c1-2-4-13-7-10-17(19)18(11-13)21(20)16-9-8-14-5-3-6-15(14)12-16/h8-9,12-13,17-18H,2-7,10-11,19H2,1H3. The van der Waals surface area contributed by atoms with Crippen LogP contribution in [0.2, 0.25) is 0 Å². The van der Waals surface area contributed by atoms with Gasteiger partial charge in [-0.25, -0.2) is 0 Å². The number of hydrogen-bond donors (Lipinski definition) is 1. The molecule has 0 saturated heterocycles. The summed E-state index contributed by atoms with van der Waals surface area (Å²) in [6.45, 7) is 2.24. The highest BCUT2D eigenvalue weighted by Gasteiger charge is 2.32. The fraction of sp³-hybridized carbons (Fsp3) is 0.667. The van der Waals surface area contributed by atoms with E-state index in [2.05, 4.69) is 25.1 Å². The van der Waals surface area contributed by atoms with Gasteiger partial charge in [0.15, 0.2) is 0 Å². The highest BCUT2D eigenvalue weighted by molar-refractivity contribution is 7.85. The van der Waals surface area contributed by atoms with E-state index in [1.807, 2.05) is 0 Å². The van der Waals surface area contributed by atoms with Crippen molar-refractivity contribution in [2.45, 2.75) is 74.5 Å². The summed E-state index contributed by atoms with van der Waals surface area (Å²) in [5.74, 6) is 0.721. The average molecular weight is 305 g/mol. The molecule has 4 atom stereocenters. The van der Waals surface area contributed by atoms with Gasteiger partial charge in [-0.15, -0.1) is 0 Å². The van der Waals surface area contributed by atoms with Gasteiger partial charge in [0.25, 0.3) is 0 Å². The van der Waals surface area contributed by atoms with Crippen molar-refractivity contribution in [3.8, 4) is 0 Å². The van der Waals surface area contributed by atoms with Crippen molar-refractivity contribution in [1.82, 2.24) is 0 Å². The summed E-state index contributed by atoms with van der Waals surface area (Å²) in [4.78, 5) is 1.01. The molecule has 1 aromatic rings. The summed E-state index contributed by atoms with van der Waals surface area (Å²) < 4.78 is 13.0. The van der Waals surface area contributed by atoms with Crippen molar-refractivity contribution in [1.29, 1.82) is 0 Å². The van der Waals surface area contributed by atoms with Gasteiger partial charge in [0.2, 0.25) is 0 Å². The Hall–Kier alpha value is -0.670. The van der Waals surface area contributed by atoms with Crippen LogP contribution < -0.4 is 5.73 Å². The van der Waals surface area contributed by atoms with Gasteiger partial charge < -0.3 is 5.73 Å². The molecule has 3 rings (SSSR count). The molecule has 1 aromatic carbocycles. The Labute approximate surface area is 131 Å². The van der Waals surface area contributed by atoms with Crippen LogP contribution >= 0.6 is 0 Å². The molecule has 4 unspecified atom stereocenters. The topological polar surface area (TPSA) is 43.1 Å². The molecule has 21 heavy (non-hydrogen) atoms. The van der Waals surface area contributed by atoms with E-state index in [9.17, 15) is 4.21 Å². The van der Waals surface area contributed by atoms with E-state index in [0.717, 1.165) is 30.1 Å². The van der Waals surface area contributed by atoms with Gasteiger partial charge in [-0.3, -0.25) is 4.21 Å². The van der Waals surface area contributed by atoms with E-state index in [1.54, 1.807) is 0 Å². The molecule has 0 aliphatic heterocycles. The Morgan fingerprint density at radius 2 is 2.05 bits per heavy atom. The van der Waals surface area contributed by atoms with Crippen LogP contribution in [0.4, 0.5) is 0 Å². The van der Waals surface area contributed by atoms with Gasteiger partial charge in [-0.1, -0.05) is 25.8 Å². The number of aryl methyl sites for hydroxylation is 2. The van der Waals surface area contributed by atoms with Gasteiger partial charge in [-0.05, 0) is 67.7 Å². The molecule has 0 bridgehead atoms. The number of nitrogens with two attached hydrogens (primary N) is 1. The van der Waals surface area contributed by atoms with Gasteiger partial charge in [-0.2, -0.15) is 0 Å². The maximum atomic E-state index is 13.0. The van der Waals surface area contributed by atoms with E-state index in [4.69, 9.17) is 5.73 Å². The SMILES string of the molecule is CCCC1CCC(N)C(S(=O)c2ccc3c(c2)CCC3)C1. The molecular formula is C18H27NOS. The van der Waals surface area contributed by atoms with E-state index in [1.165, 1.54) is 43.2 Å². The van der Waals surface area contributed by atoms with Crippen LogP contribution in [0.5, 0.6) is 0 Å². The van der Waals surface area contributed by atoms with Crippen LogP contribution in [0.25, 0.3) is 0 Å². The van der Waals surface area contributed by atoms with Crippen molar-refractivity contribution in [3.05, 3.63) is 29.3 Å². The largest absolute Gasteiger partial charge is 0.327 e. The Balaban J connectivity index is 1.76. The normalized spacial score (nSPS) is 30.1. The van der Waals surface area contributed by atoms with Gasteiger partial charge in [0.05, 0.1) is 16.0 Å². The van der Waals surface area contributed by atoms with Gasteiger partial charge >= 0.3 is 0 Å². The van der Waals surface area contributed by atoms with Crippen molar-refractivity contribution in [2.75, 3.05) is 0 Å². The molecule has 2 N–H and O–H groups in total. The Bertz CT molecular complexity index is 528. The van der Waals surface area contributed by atoms with E-state index >= 15 is 0 Å². The fourth-order valence-corrected chi connectivity index (χ4v) is 5.71. The van der Waals surface area contributed by atoms with Crippen molar-refractivity contribution in [3.63, 3.8) is 0 Å². The highest BCUT2D eigenvalue weighted by atomic mass is 32.2. The maximum absolute atomic E-state index is 13.0. The lowest BCUT2D eigenvalue weighted by Crippen LogP contribution is -2.43. The molecule has 1 saturated carbocycles. The summed E-state index contributed by atoms with van der Waals surface area (Å²) in [5.41, 5.74) is 9.16. The summed E-state index contributed by atoms with van der Waals surface area (Å²) in [7, 11) is -0.942. The number of fused-ring (bicyclic) bond motifs is 1. The van der Waals surface area contributed by atoms with Gasteiger partial charge in [0, 0.05) is 10.9 Å². The molecule has 1 fully saturated rings. The molecule has 2 nitrogen and oxygen atoms in total. The van der Waals surface area contributed by atoms with Crippen molar-refractivity contribution < 1.29 is 4.21 Å². The lowest BCUT2D eigenvalue weighted by atomic mass is 9.83. The quantitative estimate of drug-likeness (QED) is 0.924. The fourth-order valence-electron chi connectivity index (χ4n) is 4.00. The molecule has 2 aliphatic carbocycles. The third-order valence-electron chi connectivity index (χ3n) is 5.23. The zero-order valence-electron chi connectivity index (χ0n) is 13.0. The molecule has 0 aromatic heterocycles. The second-order valence-corrected chi connectivity index (χ2v) is 8.42. The third kappa shape index (κ3) is 3.24. The lowest BCUT2D eigenvalue weighted by molar-refractivity contribution is 0.313. The summed E-state index contributed by atoms with van der Waals surface area (Å²) >= 11 is 0. The molecule has 0 amide bonds. The Kier molecular flexibility index (Phi) is 4.80. The summed E-state index contributed by atoms with van der Waals surface area (Å²) in [6, 6.07) is 6.56. The van der Waals surface area contributed by atoms with Crippen molar-refractivity contribution >= 4 is 10.8 Å². The van der Waals surface area contributed by atoms with E-state index < -0.39 is 10.8 Å². The highest BCUT2D eigenvalue weighted by Crippen LogP contribution is 2.33. The van der Waals surface area contributed by atoms with Crippen LogP contribution in [0.15, 0.2) is 23.1 Å². The zero-order chi connectivity index (χ0) is 14.8. The molecule has 2 aliphatic rings. The number of benzene rings is 1. The molecule has 0 spiro atoms. The minimum atomic E-state index is -0.942. The maximum Gasteiger partial charge on any atom is 0.0576 e. The zero-order valence-corrected chi connectivity index (χ0v) is 13.8. The van der Waals surface area contributed by atoms with Crippen molar-refractivity contribution in [2.24, 2.45) is 11.7 Å². The molecule has 3 heteroatoms. The average Bonchev–Trinajstić information content (AvgIpc) is 2.96. The first kappa shape index (κ1) is 15.2. The van der Waals surface area contributed by atoms with E-state index in [0.29, 0.717) is 0 Å². The molecule has 0 radical (unpaired) electrons. The Morgan fingerprint density at radius 3 is 2.86 bits per heavy atom. The second kappa shape index (κ2) is 6.62. The second-order valence-electron chi connectivity index (χ2n) is 6.75. The Morgan fingerprint density at radius 1 is 1.24 bits per heavy atom. The minimum Gasteiger partial charge on any atom is -0.327 e.